The van der Waals surface area contributed by atoms with Crippen LogP contribution in [-0.2, 0) is 21.1 Å². The Hall–Kier alpha value is -2.97. The summed E-state index contributed by atoms with van der Waals surface area (Å²) in [5.41, 5.74) is 5.25. The Morgan fingerprint density at radius 3 is 1.48 bits per heavy atom. The van der Waals surface area contributed by atoms with Gasteiger partial charge in [0.05, 0.1) is 0 Å². The summed E-state index contributed by atoms with van der Waals surface area (Å²) in [6.45, 7) is 0. The first kappa shape index (κ1) is 17.4. The largest absolute Gasteiger partial charge is 2.00 e. The normalized spacial score (nSPS) is 11.3. The van der Waals surface area contributed by atoms with Crippen molar-refractivity contribution < 1.29 is 21.1 Å². The second-order valence-corrected chi connectivity index (χ2v) is 6.02. The standard InChI is InChI=1S/C22H14N4.Pt/c1-5-15-13-17(7-1)23-21-11-4-10-20(26-21)16-6-2-8-18(14-16)24-22-12-3-9-19(15)25-22;/h1-12H,(H,23,26)(H,24,25);/q-2;+2. The number of benzene rings is 2. The zero-order chi connectivity index (χ0) is 17.3. The van der Waals surface area contributed by atoms with E-state index in [1.807, 2.05) is 72.8 Å². The maximum absolute atomic E-state index is 4.71. The van der Waals surface area contributed by atoms with Gasteiger partial charge in [-0.2, -0.15) is 0 Å². The van der Waals surface area contributed by atoms with Crippen molar-refractivity contribution in [1.29, 1.82) is 0 Å². The molecule has 1 aliphatic heterocycles. The van der Waals surface area contributed by atoms with Crippen LogP contribution in [-0.4, -0.2) is 9.97 Å². The fraction of sp³-hybridized carbons (Fsp3) is 0. The number of nitrogens with one attached hydrogen (secondary N) is 2. The molecule has 0 saturated heterocycles. The Morgan fingerprint density at radius 1 is 0.556 bits per heavy atom. The predicted molar refractivity (Wildman–Crippen MR) is 104 cm³/mol. The van der Waals surface area contributed by atoms with Crippen LogP contribution in [0.15, 0.2) is 72.8 Å². The number of pyridine rings is 2. The zero-order valence-electron chi connectivity index (χ0n) is 14.1. The number of fused-ring (bicyclic) bond motifs is 10. The molecule has 0 amide bonds. The maximum Gasteiger partial charge on any atom is 2.00 e. The first-order valence-corrected chi connectivity index (χ1v) is 8.37. The topological polar surface area (TPSA) is 49.8 Å². The smallest absolute Gasteiger partial charge is 0.358 e. The van der Waals surface area contributed by atoms with E-state index in [0.29, 0.717) is 0 Å². The Morgan fingerprint density at radius 2 is 1.00 bits per heavy atom. The van der Waals surface area contributed by atoms with Crippen LogP contribution in [0.4, 0.5) is 23.0 Å². The van der Waals surface area contributed by atoms with E-state index in [4.69, 9.17) is 9.97 Å². The second-order valence-electron chi connectivity index (χ2n) is 6.02. The molecule has 5 rings (SSSR count). The molecule has 0 saturated carbocycles. The fourth-order valence-electron chi connectivity index (χ4n) is 2.97. The van der Waals surface area contributed by atoms with Gasteiger partial charge in [0, 0.05) is 0 Å². The van der Waals surface area contributed by atoms with Crippen LogP contribution < -0.4 is 10.6 Å². The molecule has 8 bridgehead atoms. The molecular formula is C22H14N4Pt. The van der Waals surface area contributed by atoms with Gasteiger partial charge in [0.1, 0.15) is 11.6 Å². The van der Waals surface area contributed by atoms with Crippen molar-refractivity contribution in [2.75, 3.05) is 10.6 Å². The summed E-state index contributed by atoms with van der Waals surface area (Å²) in [5.74, 6) is 1.53. The van der Waals surface area contributed by atoms with Gasteiger partial charge >= 0.3 is 21.1 Å². The molecule has 0 radical (unpaired) electrons. The molecule has 4 aromatic rings. The quantitative estimate of drug-likeness (QED) is 0.271. The van der Waals surface area contributed by atoms with E-state index < -0.39 is 0 Å². The summed E-state index contributed by atoms with van der Waals surface area (Å²) in [4.78, 5) is 9.42. The predicted octanol–water partition coefficient (Wildman–Crippen LogP) is 5.21. The summed E-state index contributed by atoms with van der Waals surface area (Å²) >= 11 is 0. The number of anilines is 4. The minimum Gasteiger partial charge on any atom is -0.358 e. The minimum absolute atomic E-state index is 0. The van der Waals surface area contributed by atoms with Gasteiger partial charge in [-0.3, -0.25) is 9.97 Å². The molecule has 5 heteroatoms. The number of hydrogen-bond donors (Lipinski definition) is 2. The van der Waals surface area contributed by atoms with Crippen molar-refractivity contribution in [3.05, 3.63) is 84.9 Å². The van der Waals surface area contributed by atoms with Gasteiger partial charge in [-0.25, -0.2) is 0 Å². The second kappa shape index (κ2) is 7.34. The van der Waals surface area contributed by atoms with Crippen LogP contribution in [0.5, 0.6) is 0 Å². The Balaban J connectivity index is 0.00000180. The molecule has 0 atom stereocenters. The molecule has 0 fully saturated rings. The van der Waals surface area contributed by atoms with E-state index in [9.17, 15) is 0 Å². The van der Waals surface area contributed by atoms with Gasteiger partial charge in [-0.05, 0) is 34.9 Å². The number of nitrogens with zero attached hydrogens (tertiary/aromatic N) is 2. The third-order valence-electron chi connectivity index (χ3n) is 4.17. The molecule has 2 N–H and O–H groups in total. The van der Waals surface area contributed by atoms with E-state index in [1.54, 1.807) is 0 Å². The summed E-state index contributed by atoms with van der Waals surface area (Å²) in [7, 11) is 0. The molecule has 132 valence electrons. The van der Waals surface area contributed by atoms with E-state index >= 15 is 0 Å². The molecule has 2 aromatic carbocycles. The molecule has 27 heavy (non-hydrogen) atoms. The molecule has 3 heterocycles. The fourth-order valence-corrected chi connectivity index (χ4v) is 2.97. The van der Waals surface area contributed by atoms with Crippen LogP contribution in [0.25, 0.3) is 22.5 Å². The average Bonchev–Trinajstić information content (AvgIpc) is 2.68. The van der Waals surface area contributed by atoms with Crippen LogP contribution in [0.3, 0.4) is 0 Å². The maximum atomic E-state index is 4.71. The van der Waals surface area contributed by atoms with E-state index in [1.165, 1.54) is 0 Å². The van der Waals surface area contributed by atoms with Gasteiger partial charge in [-0.1, -0.05) is 24.3 Å². The molecule has 4 nitrogen and oxygen atoms in total. The van der Waals surface area contributed by atoms with Gasteiger partial charge in [0.2, 0.25) is 0 Å². The number of aromatic nitrogens is 2. The van der Waals surface area contributed by atoms with E-state index in [0.717, 1.165) is 45.5 Å². The van der Waals surface area contributed by atoms with Gasteiger partial charge in [0.25, 0.3) is 0 Å². The van der Waals surface area contributed by atoms with Crippen LogP contribution in [0.2, 0.25) is 0 Å². The molecule has 0 unspecified atom stereocenters. The first-order valence-electron chi connectivity index (χ1n) is 8.37. The number of rotatable bonds is 0. The first-order chi connectivity index (χ1) is 12.8. The van der Waals surface area contributed by atoms with Crippen molar-refractivity contribution in [1.82, 2.24) is 9.97 Å². The van der Waals surface area contributed by atoms with E-state index in [-0.39, 0.29) is 21.1 Å². The average molecular weight is 529 g/mol. The van der Waals surface area contributed by atoms with Gasteiger partial charge < -0.3 is 10.6 Å². The Bertz CT molecular complexity index is 934. The van der Waals surface area contributed by atoms with Crippen molar-refractivity contribution in [2.24, 2.45) is 0 Å². The molecule has 1 aliphatic rings. The number of hydrogen-bond acceptors (Lipinski definition) is 4. The third kappa shape index (κ3) is 3.62. The SMILES string of the molecule is [Pt+2].[c-]1c2cccc1-c1cccc(n1)Nc1[c-]c(ccc1)-c1cccc(n1)N2. The van der Waals surface area contributed by atoms with Crippen LogP contribution in [0, 0.1) is 12.1 Å². The molecule has 0 spiro atoms. The minimum atomic E-state index is 0. The van der Waals surface area contributed by atoms with Crippen molar-refractivity contribution >= 4 is 23.0 Å². The molecule has 0 aliphatic carbocycles. The summed E-state index contributed by atoms with van der Waals surface area (Å²) in [6, 6.07) is 30.5. The Labute approximate surface area is 172 Å². The van der Waals surface area contributed by atoms with Crippen LogP contribution >= 0.6 is 0 Å². The molecule has 2 aromatic heterocycles. The van der Waals surface area contributed by atoms with Crippen molar-refractivity contribution in [2.45, 2.75) is 0 Å². The molecular weight excluding hydrogens is 515 g/mol. The van der Waals surface area contributed by atoms with Crippen LogP contribution in [0.1, 0.15) is 0 Å². The van der Waals surface area contributed by atoms with Gasteiger partial charge in [0.15, 0.2) is 0 Å². The Kier molecular flexibility index (Phi) is 4.74. The third-order valence-corrected chi connectivity index (χ3v) is 4.17. The zero-order valence-corrected chi connectivity index (χ0v) is 16.4. The summed E-state index contributed by atoms with van der Waals surface area (Å²) < 4.78 is 0. The van der Waals surface area contributed by atoms with Crippen molar-refractivity contribution in [3.63, 3.8) is 0 Å². The monoisotopic (exact) mass is 529 g/mol. The van der Waals surface area contributed by atoms with E-state index in [2.05, 4.69) is 22.8 Å². The summed E-state index contributed by atoms with van der Waals surface area (Å²) in [6.07, 6.45) is 0. The van der Waals surface area contributed by atoms with Crippen molar-refractivity contribution in [3.8, 4) is 22.5 Å². The summed E-state index contributed by atoms with van der Waals surface area (Å²) in [5, 5.41) is 6.66. The van der Waals surface area contributed by atoms with Gasteiger partial charge in [-0.15, -0.1) is 59.7 Å².